The summed E-state index contributed by atoms with van der Waals surface area (Å²) < 4.78 is 0.258. The molecule has 0 aliphatic heterocycles. The summed E-state index contributed by atoms with van der Waals surface area (Å²) in [5, 5.41) is 3.21. The zero-order chi connectivity index (χ0) is 13.1. The van der Waals surface area contributed by atoms with Crippen molar-refractivity contribution in [3.8, 4) is 0 Å². The molecule has 1 N–H and O–H groups in total. The van der Waals surface area contributed by atoms with E-state index in [2.05, 4.69) is 49.9 Å². The molecule has 1 atom stereocenters. The van der Waals surface area contributed by atoms with Crippen LogP contribution in [-0.4, -0.2) is 21.8 Å². The molecule has 0 aliphatic carbocycles. The Labute approximate surface area is 109 Å². The quantitative estimate of drug-likeness (QED) is 0.895. The predicted molar refractivity (Wildman–Crippen MR) is 75.3 cm³/mol. The number of aryl methyl sites for hydroxylation is 1. The second-order valence-electron chi connectivity index (χ2n) is 5.24. The fraction of sp³-hybridized carbons (Fsp3) is 0.692. The van der Waals surface area contributed by atoms with Crippen LogP contribution in [0.25, 0.3) is 0 Å². The molecular weight excluding hydrogens is 230 g/mol. The number of nitrogens with one attached hydrogen (secondary N) is 1. The van der Waals surface area contributed by atoms with Gasteiger partial charge in [0.15, 0.2) is 0 Å². The lowest BCUT2D eigenvalue weighted by molar-refractivity contribution is 0.638. The minimum absolute atomic E-state index is 0.258. The van der Waals surface area contributed by atoms with Gasteiger partial charge in [-0.05, 0) is 20.9 Å². The van der Waals surface area contributed by atoms with Gasteiger partial charge in [-0.25, -0.2) is 9.97 Å². The monoisotopic (exact) mass is 253 g/mol. The summed E-state index contributed by atoms with van der Waals surface area (Å²) in [6.07, 6.45) is 1.95. The first-order valence-electron chi connectivity index (χ1n) is 5.97. The maximum atomic E-state index is 4.57. The molecule has 0 saturated carbocycles. The van der Waals surface area contributed by atoms with Gasteiger partial charge < -0.3 is 5.32 Å². The van der Waals surface area contributed by atoms with Crippen molar-refractivity contribution in [3.63, 3.8) is 0 Å². The van der Waals surface area contributed by atoms with E-state index < -0.39 is 0 Å². The molecule has 0 bridgehead atoms. The highest BCUT2D eigenvalue weighted by Crippen LogP contribution is 2.26. The third kappa shape index (κ3) is 4.64. The smallest absolute Gasteiger partial charge is 0.138 e. The lowest BCUT2D eigenvalue weighted by Crippen LogP contribution is -2.15. The summed E-state index contributed by atoms with van der Waals surface area (Å²) in [5.74, 6) is 1.80. The third-order valence-electron chi connectivity index (χ3n) is 2.60. The van der Waals surface area contributed by atoms with Gasteiger partial charge in [0.05, 0.1) is 5.75 Å². The number of aromatic nitrogens is 2. The lowest BCUT2D eigenvalue weighted by Gasteiger charge is -2.17. The number of nitrogens with zero attached hydrogens (tertiary/aromatic N) is 2. The number of hydrogen-bond acceptors (Lipinski definition) is 4. The van der Waals surface area contributed by atoms with Crippen molar-refractivity contribution in [2.75, 3.05) is 7.05 Å². The molecule has 1 aromatic heterocycles. The second kappa shape index (κ2) is 5.83. The van der Waals surface area contributed by atoms with Crippen LogP contribution in [0.1, 0.15) is 50.8 Å². The first-order chi connectivity index (χ1) is 7.83. The van der Waals surface area contributed by atoms with Crippen molar-refractivity contribution in [1.29, 1.82) is 0 Å². The Hall–Kier alpha value is -0.610. The third-order valence-corrected chi connectivity index (χ3v) is 3.87. The van der Waals surface area contributed by atoms with Gasteiger partial charge in [-0.15, -0.1) is 11.8 Å². The van der Waals surface area contributed by atoms with E-state index in [1.54, 1.807) is 0 Å². The molecule has 0 spiro atoms. The SMILES string of the molecule is CNC(C)c1cnc(CSC(C)(C)C)nc1C. The molecule has 0 radical (unpaired) electrons. The van der Waals surface area contributed by atoms with Crippen molar-refractivity contribution in [2.24, 2.45) is 0 Å². The highest BCUT2D eigenvalue weighted by Gasteiger charge is 2.13. The Bertz CT molecular complexity index is 371. The fourth-order valence-electron chi connectivity index (χ4n) is 1.46. The molecule has 1 heterocycles. The van der Waals surface area contributed by atoms with Crippen LogP contribution in [0, 0.1) is 6.92 Å². The van der Waals surface area contributed by atoms with Crippen LogP contribution < -0.4 is 5.32 Å². The van der Waals surface area contributed by atoms with Gasteiger partial charge in [0.25, 0.3) is 0 Å². The average Bonchev–Trinajstić information content (AvgIpc) is 2.24. The average molecular weight is 253 g/mol. The Morgan fingerprint density at radius 2 is 2.06 bits per heavy atom. The summed E-state index contributed by atoms with van der Waals surface area (Å²) in [4.78, 5) is 9.01. The first-order valence-corrected chi connectivity index (χ1v) is 6.95. The maximum absolute atomic E-state index is 4.57. The summed E-state index contributed by atoms with van der Waals surface area (Å²) in [6, 6.07) is 0.305. The molecule has 17 heavy (non-hydrogen) atoms. The van der Waals surface area contributed by atoms with Gasteiger partial charge in [-0.1, -0.05) is 20.8 Å². The summed E-state index contributed by atoms with van der Waals surface area (Å²) in [6.45, 7) is 10.8. The number of thioether (sulfide) groups is 1. The Morgan fingerprint density at radius 3 is 2.53 bits per heavy atom. The van der Waals surface area contributed by atoms with Gasteiger partial charge in [-0.2, -0.15) is 0 Å². The van der Waals surface area contributed by atoms with E-state index >= 15 is 0 Å². The van der Waals surface area contributed by atoms with Crippen molar-refractivity contribution in [1.82, 2.24) is 15.3 Å². The predicted octanol–water partition coefficient (Wildman–Crippen LogP) is 3.10. The standard InChI is InChI=1S/C13H23N3S/c1-9(14-6)11-7-15-12(16-10(11)2)8-17-13(3,4)5/h7,9,14H,8H2,1-6H3. The number of rotatable bonds is 4. The number of hydrogen-bond donors (Lipinski definition) is 1. The van der Waals surface area contributed by atoms with E-state index in [1.807, 2.05) is 25.0 Å². The van der Waals surface area contributed by atoms with Gasteiger partial charge in [0.1, 0.15) is 5.82 Å². The molecule has 0 aromatic carbocycles. The van der Waals surface area contributed by atoms with Crippen molar-refractivity contribution < 1.29 is 0 Å². The highest BCUT2D eigenvalue weighted by atomic mass is 32.2. The molecule has 0 fully saturated rings. The zero-order valence-corrected chi connectivity index (χ0v) is 12.5. The van der Waals surface area contributed by atoms with E-state index in [0.717, 1.165) is 17.3 Å². The normalized spacial score (nSPS) is 13.8. The van der Waals surface area contributed by atoms with Gasteiger partial charge in [0, 0.05) is 28.2 Å². The van der Waals surface area contributed by atoms with E-state index in [9.17, 15) is 0 Å². The Balaban J connectivity index is 2.75. The minimum atomic E-state index is 0.258. The highest BCUT2D eigenvalue weighted by molar-refractivity contribution is 7.99. The fourth-order valence-corrected chi connectivity index (χ4v) is 2.16. The molecule has 0 aliphatic rings. The Kier molecular flexibility index (Phi) is 4.95. The maximum Gasteiger partial charge on any atom is 0.138 e. The molecule has 4 heteroatoms. The first kappa shape index (κ1) is 14.5. The van der Waals surface area contributed by atoms with Crippen LogP contribution in [0.5, 0.6) is 0 Å². The summed E-state index contributed by atoms with van der Waals surface area (Å²) in [5.41, 5.74) is 2.25. The zero-order valence-electron chi connectivity index (χ0n) is 11.7. The largest absolute Gasteiger partial charge is 0.313 e. The van der Waals surface area contributed by atoms with Gasteiger partial charge in [0.2, 0.25) is 0 Å². The van der Waals surface area contributed by atoms with Crippen LogP contribution in [0.4, 0.5) is 0 Å². The molecule has 3 nitrogen and oxygen atoms in total. The van der Waals surface area contributed by atoms with Crippen molar-refractivity contribution >= 4 is 11.8 Å². The molecule has 96 valence electrons. The molecule has 1 rings (SSSR count). The van der Waals surface area contributed by atoms with Crippen LogP contribution in [0.3, 0.4) is 0 Å². The van der Waals surface area contributed by atoms with Crippen LogP contribution in [0.15, 0.2) is 6.20 Å². The lowest BCUT2D eigenvalue weighted by atomic mass is 10.1. The van der Waals surface area contributed by atoms with Crippen molar-refractivity contribution in [2.45, 2.75) is 51.2 Å². The van der Waals surface area contributed by atoms with E-state index in [-0.39, 0.29) is 4.75 Å². The van der Waals surface area contributed by atoms with E-state index in [0.29, 0.717) is 6.04 Å². The Morgan fingerprint density at radius 1 is 1.41 bits per heavy atom. The van der Waals surface area contributed by atoms with Crippen LogP contribution in [0.2, 0.25) is 0 Å². The van der Waals surface area contributed by atoms with Gasteiger partial charge >= 0.3 is 0 Å². The topological polar surface area (TPSA) is 37.8 Å². The van der Waals surface area contributed by atoms with Crippen molar-refractivity contribution in [3.05, 3.63) is 23.3 Å². The van der Waals surface area contributed by atoms with E-state index in [1.165, 1.54) is 5.56 Å². The molecule has 0 amide bonds. The molecule has 1 aromatic rings. The van der Waals surface area contributed by atoms with E-state index in [4.69, 9.17) is 0 Å². The molecule has 0 saturated heterocycles. The minimum Gasteiger partial charge on any atom is -0.313 e. The molecular formula is C13H23N3S. The summed E-state index contributed by atoms with van der Waals surface area (Å²) in [7, 11) is 1.95. The summed E-state index contributed by atoms with van der Waals surface area (Å²) >= 11 is 1.87. The molecule has 1 unspecified atom stereocenters. The van der Waals surface area contributed by atoms with Crippen LogP contribution in [-0.2, 0) is 5.75 Å². The second-order valence-corrected chi connectivity index (χ2v) is 7.04. The van der Waals surface area contributed by atoms with Crippen LogP contribution >= 0.6 is 11.8 Å². The van der Waals surface area contributed by atoms with Gasteiger partial charge in [-0.3, -0.25) is 0 Å².